The van der Waals surface area contributed by atoms with Gasteiger partial charge in [-0.2, -0.15) is 13.2 Å². The van der Waals surface area contributed by atoms with Gasteiger partial charge in [-0.05, 0) is 13.8 Å². The van der Waals surface area contributed by atoms with Crippen molar-refractivity contribution < 1.29 is 21.6 Å². The van der Waals surface area contributed by atoms with Crippen LogP contribution < -0.4 is 10.0 Å². The molecule has 110 valence electrons. The van der Waals surface area contributed by atoms with Crippen LogP contribution in [0.1, 0.15) is 18.9 Å². The predicted molar refractivity (Wildman–Crippen MR) is 65.5 cm³/mol. The summed E-state index contributed by atoms with van der Waals surface area (Å²) < 4.78 is 61.4. The fourth-order valence-corrected chi connectivity index (χ4v) is 2.93. The minimum atomic E-state index is -4.53. The molecule has 0 saturated heterocycles. The van der Waals surface area contributed by atoms with Crippen molar-refractivity contribution in [2.24, 2.45) is 0 Å². The standard InChI is InChI=1S/C8H13F3N4O2S2/c1-7(2,15-19(3,16)17)4-12-6-14-13-5(18-6)8(9,10)11/h15H,4H2,1-3H3,(H,12,14). The average Bonchev–Trinajstić information content (AvgIpc) is 2.58. The number of sulfonamides is 1. The van der Waals surface area contributed by atoms with Crippen molar-refractivity contribution in [1.82, 2.24) is 14.9 Å². The molecule has 0 unspecified atom stereocenters. The minimum Gasteiger partial charge on any atom is -0.358 e. The summed E-state index contributed by atoms with van der Waals surface area (Å²) in [6.07, 6.45) is -3.53. The first-order chi connectivity index (χ1) is 8.39. The summed E-state index contributed by atoms with van der Waals surface area (Å²) in [5.41, 5.74) is -0.863. The van der Waals surface area contributed by atoms with Gasteiger partial charge in [0, 0.05) is 12.1 Å². The number of aromatic nitrogens is 2. The minimum absolute atomic E-state index is 0.0179. The van der Waals surface area contributed by atoms with Crippen LogP contribution >= 0.6 is 11.3 Å². The van der Waals surface area contributed by atoms with Gasteiger partial charge in [0.25, 0.3) is 0 Å². The smallest absolute Gasteiger partial charge is 0.358 e. The van der Waals surface area contributed by atoms with E-state index in [9.17, 15) is 21.6 Å². The molecule has 0 fully saturated rings. The van der Waals surface area contributed by atoms with Crippen molar-refractivity contribution >= 4 is 26.5 Å². The Hall–Kier alpha value is -0.940. The fraction of sp³-hybridized carbons (Fsp3) is 0.750. The van der Waals surface area contributed by atoms with Crippen molar-refractivity contribution in [2.45, 2.75) is 25.6 Å². The largest absolute Gasteiger partial charge is 0.445 e. The molecular weight excluding hydrogens is 305 g/mol. The molecule has 1 rings (SSSR count). The molecule has 0 spiro atoms. The van der Waals surface area contributed by atoms with E-state index in [1.54, 1.807) is 13.8 Å². The Labute approximate surface area is 112 Å². The van der Waals surface area contributed by atoms with Crippen LogP contribution in [0, 0.1) is 0 Å². The number of nitrogens with zero attached hydrogens (tertiary/aromatic N) is 2. The molecule has 0 aliphatic rings. The van der Waals surface area contributed by atoms with Gasteiger partial charge in [-0.1, -0.05) is 11.3 Å². The lowest BCUT2D eigenvalue weighted by molar-refractivity contribution is -0.138. The van der Waals surface area contributed by atoms with E-state index in [0.717, 1.165) is 6.26 Å². The summed E-state index contributed by atoms with van der Waals surface area (Å²) in [6.45, 7) is 3.26. The summed E-state index contributed by atoms with van der Waals surface area (Å²) in [7, 11) is -3.41. The third kappa shape index (κ3) is 5.70. The fourth-order valence-electron chi connectivity index (χ4n) is 1.24. The summed E-state index contributed by atoms with van der Waals surface area (Å²) in [5, 5.41) is 7.90. The van der Waals surface area contributed by atoms with E-state index >= 15 is 0 Å². The predicted octanol–water partition coefficient (Wildman–Crippen LogP) is 1.30. The highest BCUT2D eigenvalue weighted by molar-refractivity contribution is 7.88. The van der Waals surface area contributed by atoms with Crippen LogP contribution in [0.5, 0.6) is 0 Å². The first-order valence-corrected chi connectivity index (χ1v) is 7.73. The van der Waals surface area contributed by atoms with Gasteiger partial charge in [0.2, 0.25) is 20.2 Å². The van der Waals surface area contributed by atoms with Gasteiger partial charge in [0.05, 0.1) is 6.26 Å². The Kier molecular flexibility index (Phi) is 4.42. The maximum atomic E-state index is 12.3. The Morgan fingerprint density at radius 2 is 1.84 bits per heavy atom. The molecule has 0 saturated carbocycles. The molecule has 0 bridgehead atoms. The van der Waals surface area contributed by atoms with Gasteiger partial charge >= 0.3 is 6.18 Å². The lowest BCUT2D eigenvalue weighted by Crippen LogP contribution is -2.47. The Morgan fingerprint density at radius 1 is 1.26 bits per heavy atom. The Morgan fingerprint density at radius 3 is 2.26 bits per heavy atom. The van der Waals surface area contributed by atoms with Crippen molar-refractivity contribution in [2.75, 3.05) is 18.1 Å². The average molecular weight is 318 g/mol. The van der Waals surface area contributed by atoms with E-state index in [1.807, 2.05) is 0 Å². The summed E-state index contributed by atoms with van der Waals surface area (Å²) in [5.74, 6) is 0. The lowest BCUT2D eigenvalue weighted by atomic mass is 10.1. The van der Waals surface area contributed by atoms with Crippen LogP contribution in [-0.4, -0.2) is 37.0 Å². The normalized spacial score (nSPS) is 13.6. The Balaban J connectivity index is 2.65. The quantitative estimate of drug-likeness (QED) is 0.855. The van der Waals surface area contributed by atoms with E-state index in [4.69, 9.17) is 0 Å². The second-order valence-electron chi connectivity index (χ2n) is 4.52. The van der Waals surface area contributed by atoms with E-state index in [-0.39, 0.29) is 11.7 Å². The molecule has 0 aliphatic carbocycles. The molecule has 0 amide bonds. The van der Waals surface area contributed by atoms with Crippen LogP contribution in [0.25, 0.3) is 0 Å². The van der Waals surface area contributed by atoms with Gasteiger partial charge < -0.3 is 5.32 Å². The van der Waals surface area contributed by atoms with Crippen molar-refractivity contribution in [3.63, 3.8) is 0 Å². The second kappa shape index (κ2) is 5.21. The molecular formula is C8H13F3N4O2S2. The molecule has 0 aliphatic heterocycles. The van der Waals surface area contributed by atoms with Gasteiger partial charge in [-0.15, -0.1) is 10.2 Å². The Bertz CT molecular complexity index is 538. The highest BCUT2D eigenvalue weighted by Gasteiger charge is 2.35. The van der Waals surface area contributed by atoms with Gasteiger partial charge in [-0.3, -0.25) is 0 Å². The number of hydrogen-bond acceptors (Lipinski definition) is 6. The summed E-state index contributed by atoms with van der Waals surface area (Å²) >= 11 is 0.363. The first kappa shape index (κ1) is 16.1. The van der Waals surface area contributed by atoms with Gasteiger partial charge in [0.1, 0.15) is 0 Å². The van der Waals surface area contributed by atoms with E-state index in [2.05, 4.69) is 20.2 Å². The molecule has 1 heterocycles. The zero-order chi connectivity index (χ0) is 14.9. The molecule has 11 heteroatoms. The molecule has 1 aromatic rings. The van der Waals surface area contributed by atoms with Gasteiger partial charge in [0.15, 0.2) is 0 Å². The maximum absolute atomic E-state index is 12.3. The van der Waals surface area contributed by atoms with Crippen LogP contribution in [0.3, 0.4) is 0 Å². The molecule has 2 N–H and O–H groups in total. The SMILES string of the molecule is CC(C)(CNc1nnc(C(F)(F)F)s1)NS(C)(=O)=O. The van der Waals surface area contributed by atoms with E-state index < -0.39 is 26.7 Å². The molecule has 1 aromatic heterocycles. The van der Waals surface area contributed by atoms with Crippen molar-refractivity contribution in [3.05, 3.63) is 5.01 Å². The van der Waals surface area contributed by atoms with Crippen molar-refractivity contribution in [3.8, 4) is 0 Å². The zero-order valence-corrected chi connectivity index (χ0v) is 12.0. The van der Waals surface area contributed by atoms with Crippen LogP contribution in [-0.2, 0) is 16.2 Å². The molecule has 6 nitrogen and oxygen atoms in total. The van der Waals surface area contributed by atoms with E-state index in [0.29, 0.717) is 11.3 Å². The van der Waals surface area contributed by atoms with Crippen LogP contribution in [0.2, 0.25) is 0 Å². The lowest BCUT2D eigenvalue weighted by Gasteiger charge is -2.24. The first-order valence-electron chi connectivity index (χ1n) is 5.03. The monoisotopic (exact) mass is 318 g/mol. The number of alkyl halides is 3. The van der Waals surface area contributed by atoms with Gasteiger partial charge in [-0.25, -0.2) is 13.1 Å². The topological polar surface area (TPSA) is 84.0 Å². The zero-order valence-electron chi connectivity index (χ0n) is 10.4. The molecule has 0 radical (unpaired) electrons. The van der Waals surface area contributed by atoms with E-state index in [1.165, 1.54) is 0 Å². The number of anilines is 1. The molecule has 0 atom stereocenters. The highest BCUT2D eigenvalue weighted by atomic mass is 32.2. The third-order valence-corrected chi connectivity index (χ3v) is 3.66. The summed E-state index contributed by atoms with van der Waals surface area (Å²) in [6, 6.07) is 0. The van der Waals surface area contributed by atoms with Crippen LogP contribution in [0.15, 0.2) is 0 Å². The maximum Gasteiger partial charge on any atom is 0.445 e. The second-order valence-corrected chi connectivity index (χ2v) is 7.25. The van der Waals surface area contributed by atoms with Crippen LogP contribution in [0.4, 0.5) is 18.3 Å². The summed E-state index contributed by atoms with van der Waals surface area (Å²) in [4.78, 5) is 0. The molecule has 19 heavy (non-hydrogen) atoms. The van der Waals surface area contributed by atoms with Crippen molar-refractivity contribution in [1.29, 1.82) is 0 Å². The number of nitrogens with one attached hydrogen (secondary N) is 2. The highest BCUT2D eigenvalue weighted by Crippen LogP contribution is 2.33. The number of hydrogen-bond donors (Lipinski definition) is 2. The number of halogens is 3. The third-order valence-electron chi connectivity index (χ3n) is 1.81. The number of rotatable bonds is 5. The molecule has 0 aromatic carbocycles.